The summed E-state index contributed by atoms with van der Waals surface area (Å²) in [6.45, 7) is 3.19. The number of aromatic nitrogens is 2. The minimum absolute atomic E-state index is 0.0451. The second-order valence-electron chi connectivity index (χ2n) is 7.31. The molecule has 2 aromatic heterocycles. The van der Waals surface area contributed by atoms with Crippen molar-refractivity contribution in [2.24, 2.45) is 5.92 Å². The average molecular weight is 371 g/mol. The molecule has 1 aliphatic rings. The lowest BCUT2D eigenvalue weighted by molar-refractivity contribution is 0.305. The Kier molecular flexibility index (Phi) is 4.63. The van der Waals surface area contributed by atoms with Crippen LogP contribution in [0.2, 0.25) is 0 Å². The number of hydrogen-bond acceptors (Lipinski definition) is 4. The fraction of sp³-hybridized carbons (Fsp3) is 0.400. The predicted molar refractivity (Wildman–Crippen MR) is 103 cm³/mol. The van der Waals surface area contributed by atoms with Crippen LogP contribution in [-0.2, 0) is 25.9 Å². The van der Waals surface area contributed by atoms with E-state index in [2.05, 4.69) is 11.9 Å². The van der Waals surface area contributed by atoms with E-state index in [4.69, 9.17) is 4.98 Å². The summed E-state index contributed by atoms with van der Waals surface area (Å²) < 4.78 is 13.8. The van der Waals surface area contributed by atoms with E-state index in [9.17, 15) is 9.18 Å². The summed E-state index contributed by atoms with van der Waals surface area (Å²) in [4.78, 5) is 24.4. The molecule has 0 aliphatic heterocycles. The Labute approximate surface area is 155 Å². The van der Waals surface area contributed by atoms with Gasteiger partial charge in [0, 0.05) is 17.0 Å². The molecule has 1 N–H and O–H groups in total. The standard InChI is InChI=1S/C20H22FN3OS/c1-12-7-8-14-16(9-12)26-20-18(14)19(25)22-17(23-20)11-24(2)10-13-5-3-4-6-15(13)21/h3-6,12H,7-11H2,1-2H3,(H,22,23,25)/t12-/m0/s1. The maximum Gasteiger partial charge on any atom is 0.259 e. The van der Waals surface area contributed by atoms with Gasteiger partial charge in [-0.05, 0) is 43.9 Å². The first-order chi connectivity index (χ1) is 12.5. The van der Waals surface area contributed by atoms with Crippen LogP contribution in [0.25, 0.3) is 10.2 Å². The van der Waals surface area contributed by atoms with Gasteiger partial charge in [0.15, 0.2) is 0 Å². The summed E-state index contributed by atoms with van der Waals surface area (Å²) in [5.41, 5.74) is 1.79. The van der Waals surface area contributed by atoms with Gasteiger partial charge >= 0.3 is 0 Å². The van der Waals surface area contributed by atoms with Crippen LogP contribution in [0.1, 0.15) is 35.2 Å². The van der Waals surface area contributed by atoms with Crippen molar-refractivity contribution in [3.05, 3.63) is 62.3 Å². The van der Waals surface area contributed by atoms with Crippen LogP contribution in [0, 0.1) is 11.7 Å². The topological polar surface area (TPSA) is 49.0 Å². The molecule has 2 heterocycles. The van der Waals surface area contributed by atoms with Gasteiger partial charge in [0.25, 0.3) is 5.56 Å². The molecule has 4 nitrogen and oxygen atoms in total. The number of thiophene rings is 1. The third-order valence-electron chi connectivity index (χ3n) is 5.03. The van der Waals surface area contributed by atoms with Crippen LogP contribution < -0.4 is 5.56 Å². The first kappa shape index (κ1) is 17.4. The monoisotopic (exact) mass is 371 g/mol. The summed E-state index contributed by atoms with van der Waals surface area (Å²) in [7, 11) is 1.90. The molecular formula is C20H22FN3OS. The number of hydrogen-bond donors (Lipinski definition) is 1. The van der Waals surface area contributed by atoms with Gasteiger partial charge in [-0.25, -0.2) is 9.37 Å². The van der Waals surface area contributed by atoms with E-state index in [0.717, 1.165) is 29.5 Å². The van der Waals surface area contributed by atoms with Gasteiger partial charge in [-0.3, -0.25) is 9.69 Å². The molecule has 3 aromatic rings. The lowest BCUT2D eigenvalue weighted by Crippen LogP contribution is -2.22. The molecular weight excluding hydrogens is 349 g/mol. The van der Waals surface area contributed by atoms with E-state index in [1.54, 1.807) is 23.5 Å². The number of halogens is 1. The lowest BCUT2D eigenvalue weighted by atomic mass is 9.89. The Morgan fingerprint density at radius 1 is 1.35 bits per heavy atom. The Morgan fingerprint density at radius 2 is 2.15 bits per heavy atom. The van der Waals surface area contributed by atoms with Crippen molar-refractivity contribution in [3.8, 4) is 0 Å². The van der Waals surface area contributed by atoms with Gasteiger partial charge in [-0.15, -0.1) is 11.3 Å². The van der Waals surface area contributed by atoms with Crippen molar-refractivity contribution in [2.45, 2.75) is 39.3 Å². The highest BCUT2D eigenvalue weighted by atomic mass is 32.1. The van der Waals surface area contributed by atoms with Crippen LogP contribution in [0.15, 0.2) is 29.1 Å². The van der Waals surface area contributed by atoms with Gasteiger partial charge in [0.1, 0.15) is 16.5 Å². The number of aryl methyl sites for hydroxylation is 1. The molecule has 0 fully saturated rings. The van der Waals surface area contributed by atoms with Gasteiger partial charge < -0.3 is 4.98 Å². The molecule has 0 radical (unpaired) electrons. The molecule has 0 spiro atoms. The van der Waals surface area contributed by atoms with Gasteiger partial charge in [0.2, 0.25) is 0 Å². The number of H-pyrrole nitrogens is 1. The highest BCUT2D eigenvalue weighted by molar-refractivity contribution is 7.18. The largest absolute Gasteiger partial charge is 0.309 e. The number of nitrogens with zero attached hydrogens (tertiary/aromatic N) is 2. The fourth-order valence-electron chi connectivity index (χ4n) is 3.70. The van der Waals surface area contributed by atoms with Gasteiger partial charge in [-0.2, -0.15) is 0 Å². The summed E-state index contributed by atoms with van der Waals surface area (Å²) in [5, 5.41) is 0.775. The first-order valence-electron chi connectivity index (χ1n) is 8.96. The zero-order valence-corrected chi connectivity index (χ0v) is 15.8. The lowest BCUT2D eigenvalue weighted by Gasteiger charge is -2.17. The molecule has 0 amide bonds. The van der Waals surface area contributed by atoms with E-state index >= 15 is 0 Å². The van der Waals surface area contributed by atoms with E-state index in [0.29, 0.717) is 30.4 Å². The van der Waals surface area contributed by atoms with Crippen molar-refractivity contribution in [3.63, 3.8) is 0 Å². The number of aromatic amines is 1. The molecule has 4 rings (SSSR count). The Hall–Kier alpha value is -2.05. The second kappa shape index (κ2) is 6.93. The van der Waals surface area contributed by atoms with Crippen LogP contribution in [0.4, 0.5) is 4.39 Å². The smallest absolute Gasteiger partial charge is 0.259 e. The van der Waals surface area contributed by atoms with Crippen LogP contribution in [0.5, 0.6) is 0 Å². The highest BCUT2D eigenvalue weighted by Crippen LogP contribution is 2.35. The van der Waals surface area contributed by atoms with E-state index in [1.807, 2.05) is 18.0 Å². The maximum atomic E-state index is 13.8. The molecule has 1 aliphatic carbocycles. The SMILES string of the molecule is C[C@H]1CCc2c(sc3nc(CN(C)Cc4ccccc4F)[nH]c(=O)c23)C1. The molecule has 1 atom stereocenters. The quantitative estimate of drug-likeness (QED) is 0.757. The van der Waals surface area contributed by atoms with E-state index in [1.165, 1.54) is 16.5 Å². The molecule has 0 saturated heterocycles. The minimum Gasteiger partial charge on any atom is -0.309 e. The molecule has 136 valence electrons. The molecule has 0 unspecified atom stereocenters. The van der Waals surface area contributed by atoms with Gasteiger partial charge in [-0.1, -0.05) is 25.1 Å². The Morgan fingerprint density at radius 3 is 2.96 bits per heavy atom. The molecule has 26 heavy (non-hydrogen) atoms. The fourth-order valence-corrected chi connectivity index (χ4v) is 5.10. The molecule has 0 saturated carbocycles. The first-order valence-corrected chi connectivity index (χ1v) is 9.78. The number of benzene rings is 1. The van der Waals surface area contributed by atoms with Crippen molar-refractivity contribution in [1.29, 1.82) is 0 Å². The summed E-state index contributed by atoms with van der Waals surface area (Å²) in [6.07, 6.45) is 3.14. The summed E-state index contributed by atoms with van der Waals surface area (Å²) >= 11 is 1.66. The zero-order valence-electron chi connectivity index (χ0n) is 15.0. The van der Waals surface area contributed by atoms with Crippen molar-refractivity contribution < 1.29 is 4.39 Å². The Balaban J connectivity index is 1.59. The normalized spacial score (nSPS) is 17.0. The molecule has 0 bridgehead atoms. The summed E-state index contributed by atoms with van der Waals surface area (Å²) in [6, 6.07) is 6.76. The number of nitrogens with one attached hydrogen (secondary N) is 1. The van der Waals surface area contributed by atoms with E-state index < -0.39 is 0 Å². The third-order valence-corrected chi connectivity index (χ3v) is 6.18. The maximum absolute atomic E-state index is 13.8. The van der Waals surface area contributed by atoms with Gasteiger partial charge in [0.05, 0.1) is 11.9 Å². The predicted octanol–water partition coefficient (Wildman–Crippen LogP) is 3.88. The highest BCUT2D eigenvalue weighted by Gasteiger charge is 2.23. The molecule has 6 heteroatoms. The zero-order chi connectivity index (χ0) is 18.3. The average Bonchev–Trinajstić information content (AvgIpc) is 2.94. The number of fused-ring (bicyclic) bond motifs is 3. The molecule has 1 aromatic carbocycles. The number of rotatable bonds is 4. The second-order valence-corrected chi connectivity index (χ2v) is 8.39. The van der Waals surface area contributed by atoms with E-state index in [-0.39, 0.29) is 11.4 Å². The van der Waals surface area contributed by atoms with Crippen molar-refractivity contribution in [2.75, 3.05) is 7.05 Å². The van der Waals surface area contributed by atoms with Crippen LogP contribution >= 0.6 is 11.3 Å². The van der Waals surface area contributed by atoms with Crippen LogP contribution in [-0.4, -0.2) is 21.9 Å². The Bertz CT molecular complexity index is 1010. The summed E-state index contributed by atoms with van der Waals surface area (Å²) in [5.74, 6) is 1.09. The van der Waals surface area contributed by atoms with Crippen molar-refractivity contribution in [1.82, 2.24) is 14.9 Å². The van der Waals surface area contributed by atoms with Crippen molar-refractivity contribution >= 4 is 21.6 Å². The third kappa shape index (κ3) is 3.31. The van der Waals surface area contributed by atoms with Crippen LogP contribution in [0.3, 0.4) is 0 Å². The minimum atomic E-state index is -0.212.